The summed E-state index contributed by atoms with van der Waals surface area (Å²) in [7, 11) is 0. The summed E-state index contributed by atoms with van der Waals surface area (Å²) >= 11 is 0. The lowest BCUT2D eigenvalue weighted by molar-refractivity contribution is -0.137. The highest BCUT2D eigenvalue weighted by atomic mass is 19.4. The highest BCUT2D eigenvalue weighted by Gasteiger charge is 2.34. The van der Waals surface area contributed by atoms with Gasteiger partial charge in [-0.25, -0.2) is 13.8 Å². The van der Waals surface area contributed by atoms with E-state index in [1.807, 2.05) is 9.91 Å². The van der Waals surface area contributed by atoms with Crippen LogP contribution in [0.1, 0.15) is 18.4 Å². The number of hydrogen-bond acceptors (Lipinski definition) is 8. The molecule has 0 atom stereocenters. The lowest BCUT2D eigenvalue weighted by atomic mass is 10.1. The number of halogens is 5. The molecule has 0 spiro atoms. The van der Waals surface area contributed by atoms with Crippen LogP contribution in [0.15, 0.2) is 36.5 Å². The fourth-order valence-electron chi connectivity index (χ4n) is 5.48. The lowest BCUT2D eigenvalue weighted by Crippen LogP contribution is -2.46. The van der Waals surface area contributed by atoms with Crippen LogP contribution in [0.5, 0.6) is 5.88 Å². The molecule has 3 aliphatic rings. The van der Waals surface area contributed by atoms with E-state index < -0.39 is 23.4 Å². The van der Waals surface area contributed by atoms with Gasteiger partial charge in [-0.3, -0.25) is 5.01 Å². The molecule has 1 aromatic carbocycles. The zero-order valence-electron chi connectivity index (χ0n) is 22.8. The van der Waals surface area contributed by atoms with Gasteiger partial charge in [0.1, 0.15) is 34.9 Å². The first kappa shape index (κ1) is 28.5. The van der Waals surface area contributed by atoms with Gasteiger partial charge in [0, 0.05) is 56.8 Å². The Morgan fingerprint density at radius 2 is 1.45 bits per heavy atom. The molecule has 3 saturated heterocycles. The van der Waals surface area contributed by atoms with Crippen molar-refractivity contribution in [3.63, 3.8) is 0 Å². The Labute approximate surface area is 239 Å². The Morgan fingerprint density at radius 1 is 0.810 bits per heavy atom. The molecule has 0 aliphatic carbocycles. The van der Waals surface area contributed by atoms with Crippen LogP contribution in [-0.4, -0.2) is 86.7 Å². The van der Waals surface area contributed by atoms with Gasteiger partial charge in [-0.05, 0) is 24.3 Å². The molecule has 9 nitrogen and oxygen atoms in total. The quantitative estimate of drug-likeness (QED) is 0.396. The summed E-state index contributed by atoms with van der Waals surface area (Å²) < 4.78 is 85.4. The highest BCUT2D eigenvalue weighted by molar-refractivity contribution is 5.80. The standard InChI is InChI=1S/C28H31F5N6O3/c29-21-15-19(16-22(30)17-21)25-26(37-7-11-40-12-8-37)27(39(35-25)38-9-13-41-14-10-38)42-23-3-5-36(6-4-23)24-2-1-20(18-34-24)28(31,32)33/h1-2,15-18,23H,3-14H2. The van der Waals surface area contributed by atoms with E-state index in [0.29, 0.717) is 107 Å². The van der Waals surface area contributed by atoms with Crippen LogP contribution >= 0.6 is 0 Å². The predicted molar refractivity (Wildman–Crippen MR) is 144 cm³/mol. The first-order chi connectivity index (χ1) is 20.3. The topological polar surface area (TPSA) is 68.1 Å². The number of benzene rings is 1. The van der Waals surface area contributed by atoms with Crippen LogP contribution in [0.4, 0.5) is 33.5 Å². The van der Waals surface area contributed by atoms with Gasteiger partial charge >= 0.3 is 6.18 Å². The molecule has 3 aromatic rings. The lowest BCUT2D eigenvalue weighted by Gasteiger charge is -2.35. The molecule has 3 fully saturated rings. The van der Waals surface area contributed by atoms with Crippen LogP contribution in [0.2, 0.25) is 0 Å². The van der Waals surface area contributed by atoms with E-state index in [1.54, 1.807) is 4.79 Å². The van der Waals surface area contributed by atoms with Gasteiger partial charge in [0.25, 0.3) is 5.88 Å². The second-order valence-corrected chi connectivity index (χ2v) is 10.4. The SMILES string of the molecule is Fc1cc(F)cc(-c2nn(N3CCOCC3)c(OC3CCN(c4ccc(C(F)(F)F)cn4)CC3)c2N2CCOCC2)c1. The first-order valence-corrected chi connectivity index (χ1v) is 14.0. The Bertz CT molecular complexity index is 1350. The molecule has 5 heterocycles. The van der Waals surface area contributed by atoms with Crippen molar-refractivity contribution in [2.24, 2.45) is 0 Å². The van der Waals surface area contributed by atoms with E-state index in [9.17, 15) is 22.0 Å². The Hall–Kier alpha value is -3.65. The minimum atomic E-state index is -4.44. The van der Waals surface area contributed by atoms with Crippen LogP contribution in [0, 0.1) is 11.6 Å². The minimum Gasteiger partial charge on any atom is -0.472 e. The van der Waals surface area contributed by atoms with E-state index in [1.165, 1.54) is 18.2 Å². The maximum absolute atomic E-state index is 14.3. The van der Waals surface area contributed by atoms with E-state index in [4.69, 9.17) is 19.3 Å². The Balaban J connectivity index is 1.30. The number of ether oxygens (including phenoxy) is 3. The summed E-state index contributed by atoms with van der Waals surface area (Å²) in [5, 5.41) is 6.84. The third-order valence-electron chi connectivity index (χ3n) is 7.64. The van der Waals surface area contributed by atoms with Gasteiger partial charge in [0.2, 0.25) is 0 Å². The molecule has 2 aromatic heterocycles. The molecule has 42 heavy (non-hydrogen) atoms. The first-order valence-electron chi connectivity index (χ1n) is 14.0. The third-order valence-corrected chi connectivity index (χ3v) is 7.64. The molecule has 6 rings (SSSR count). The van der Waals surface area contributed by atoms with Crippen molar-refractivity contribution in [1.82, 2.24) is 14.9 Å². The number of morpholine rings is 2. The monoisotopic (exact) mass is 594 g/mol. The van der Waals surface area contributed by atoms with E-state index >= 15 is 0 Å². The smallest absolute Gasteiger partial charge is 0.417 e. The fourth-order valence-corrected chi connectivity index (χ4v) is 5.48. The van der Waals surface area contributed by atoms with Crippen molar-refractivity contribution < 1.29 is 36.2 Å². The summed E-state index contributed by atoms with van der Waals surface area (Å²) in [6.07, 6.45) is -2.65. The van der Waals surface area contributed by atoms with Crippen molar-refractivity contribution >= 4 is 11.5 Å². The highest BCUT2D eigenvalue weighted by Crippen LogP contribution is 2.41. The van der Waals surface area contributed by atoms with Gasteiger partial charge in [0.05, 0.1) is 45.1 Å². The summed E-state index contributed by atoms with van der Waals surface area (Å²) in [6.45, 7) is 5.22. The van der Waals surface area contributed by atoms with Crippen LogP contribution in [0.25, 0.3) is 11.3 Å². The zero-order chi connectivity index (χ0) is 29.3. The number of pyridine rings is 1. The van der Waals surface area contributed by atoms with Crippen LogP contribution < -0.4 is 19.5 Å². The number of hydrogen-bond donors (Lipinski definition) is 0. The second-order valence-electron chi connectivity index (χ2n) is 10.4. The summed E-state index contributed by atoms with van der Waals surface area (Å²) in [6, 6.07) is 5.78. The van der Waals surface area contributed by atoms with E-state index in [-0.39, 0.29) is 6.10 Å². The average Bonchev–Trinajstić information content (AvgIpc) is 3.37. The van der Waals surface area contributed by atoms with Crippen LogP contribution in [0.3, 0.4) is 0 Å². The number of aromatic nitrogens is 3. The molecule has 14 heteroatoms. The summed E-state index contributed by atoms with van der Waals surface area (Å²) in [5.74, 6) is -0.454. The predicted octanol–water partition coefficient (Wildman–Crippen LogP) is 4.09. The number of piperidine rings is 1. The Morgan fingerprint density at radius 3 is 2.05 bits per heavy atom. The third kappa shape index (κ3) is 6.09. The van der Waals surface area contributed by atoms with Crippen molar-refractivity contribution in [3.8, 4) is 17.1 Å². The van der Waals surface area contributed by atoms with Gasteiger partial charge in [-0.1, -0.05) is 0 Å². The fraction of sp³-hybridized carbons (Fsp3) is 0.500. The van der Waals surface area contributed by atoms with Crippen LogP contribution in [-0.2, 0) is 15.7 Å². The number of nitrogens with zero attached hydrogens (tertiary/aromatic N) is 6. The molecule has 0 bridgehead atoms. The van der Waals surface area contributed by atoms with Gasteiger partial charge in [0.15, 0.2) is 0 Å². The van der Waals surface area contributed by atoms with Crippen molar-refractivity contribution in [3.05, 3.63) is 53.7 Å². The summed E-state index contributed by atoms with van der Waals surface area (Å²) in [5.41, 5.74) is 0.560. The maximum Gasteiger partial charge on any atom is 0.417 e. The van der Waals surface area contributed by atoms with E-state index in [0.717, 1.165) is 18.3 Å². The minimum absolute atomic E-state index is 0.232. The molecule has 3 aliphatic heterocycles. The van der Waals surface area contributed by atoms with E-state index in [2.05, 4.69) is 9.88 Å². The molecule has 0 amide bonds. The van der Waals surface area contributed by atoms with Crippen molar-refractivity contribution in [2.75, 3.05) is 80.5 Å². The summed E-state index contributed by atoms with van der Waals surface area (Å²) in [4.78, 5) is 9.73. The van der Waals surface area contributed by atoms with Gasteiger partial charge in [-0.2, -0.15) is 13.2 Å². The molecule has 0 N–H and O–H groups in total. The largest absolute Gasteiger partial charge is 0.472 e. The number of rotatable bonds is 6. The van der Waals surface area contributed by atoms with Gasteiger partial charge < -0.3 is 24.0 Å². The molecule has 226 valence electrons. The zero-order valence-corrected chi connectivity index (χ0v) is 22.8. The Kier molecular flexibility index (Phi) is 8.08. The number of anilines is 2. The molecular formula is C28H31F5N6O3. The average molecular weight is 595 g/mol. The molecule has 0 saturated carbocycles. The van der Waals surface area contributed by atoms with Gasteiger partial charge in [-0.15, -0.1) is 9.89 Å². The molecular weight excluding hydrogens is 563 g/mol. The number of alkyl halides is 3. The normalized spacial score (nSPS) is 18.9. The molecule has 0 unspecified atom stereocenters. The maximum atomic E-state index is 14.3. The van der Waals surface area contributed by atoms with Crippen molar-refractivity contribution in [2.45, 2.75) is 25.1 Å². The van der Waals surface area contributed by atoms with Crippen molar-refractivity contribution in [1.29, 1.82) is 0 Å². The second kappa shape index (κ2) is 11.9. The molecule has 0 radical (unpaired) electrons.